The summed E-state index contributed by atoms with van der Waals surface area (Å²) >= 11 is 0. The number of nitrogens with one attached hydrogen (secondary N) is 2. The predicted molar refractivity (Wildman–Crippen MR) is 40.4 cm³/mol. The molecule has 1 aromatic heterocycles. The average Bonchev–Trinajstić information content (AvgIpc) is 2.08. The van der Waals surface area contributed by atoms with E-state index < -0.39 is 17.1 Å². The Kier molecular flexibility index (Phi) is 2.11. The van der Waals surface area contributed by atoms with Crippen LogP contribution < -0.4 is 16.7 Å². The molecule has 0 atom stereocenters. The van der Waals surface area contributed by atoms with Crippen molar-refractivity contribution in [3.8, 4) is 5.75 Å². The number of hydrazine groups is 1. The summed E-state index contributed by atoms with van der Waals surface area (Å²) in [5, 5.41) is 9.04. The van der Waals surface area contributed by atoms with Crippen LogP contribution in [-0.4, -0.2) is 16.0 Å². The minimum atomic E-state index is -0.745. The van der Waals surface area contributed by atoms with Crippen molar-refractivity contribution < 1.29 is 9.90 Å². The van der Waals surface area contributed by atoms with Crippen molar-refractivity contribution in [3.05, 3.63) is 28.2 Å². The highest BCUT2D eigenvalue weighted by molar-refractivity contribution is 5.94. The van der Waals surface area contributed by atoms with Crippen molar-refractivity contribution in [2.75, 3.05) is 0 Å². The fourth-order valence-electron chi connectivity index (χ4n) is 0.716. The first-order chi connectivity index (χ1) is 5.66. The lowest BCUT2D eigenvalue weighted by molar-refractivity contribution is 0.0945. The first-order valence-corrected chi connectivity index (χ1v) is 3.08. The number of rotatable bonds is 1. The Morgan fingerprint density at radius 1 is 1.67 bits per heavy atom. The molecule has 12 heavy (non-hydrogen) atoms. The Balaban J connectivity index is 3.26. The zero-order valence-electron chi connectivity index (χ0n) is 6.00. The summed E-state index contributed by atoms with van der Waals surface area (Å²) < 4.78 is 0. The fraction of sp³-hybridized carbons (Fsp3) is 0. The van der Waals surface area contributed by atoms with Crippen LogP contribution in [0.3, 0.4) is 0 Å². The summed E-state index contributed by atoms with van der Waals surface area (Å²) in [6.45, 7) is 0. The molecule has 1 heterocycles. The molecule has 0 aliphatic carbocycles. The van der Waals surface area contributed by atoms with E-state index in [4.69, 9.17) is 10.9 Å². The largest absolute Gasteiger partial charge is 0.503 e. The maximum Gasteiger partial charge on any atom is 0.285 e. The molecule has 1 aromatic rings. The first kappa shape index (κ1) is 8.28. The van der Waals surface area contributed by atoms with Crippen LogP contribution in [-0.2, 0) is 0 Å². The van der Waals surface area contributed by atoms with Crippen molar-refractivity contribution in [1.29, 1.82) is 0 Å². The van der Waals surface area contributed by atoms with Crippen LogP contribution >= 0.6 is 0 Å². The quantitative estimate of drug-likeness (QED) is 0.237. The molecule has 0 saturated heterocycles. The van der Waals surface area contributed by atoms with Gasteiger partial charge in [0.05, 0.1) is 0 Å². The molecule has 0 spiro atoms. The second kappa shape index (κ2) is 3.05. The summed E-state index contributed by atoms with van der Waals surface area (Å²) in [6.07, 6.45) is 1.24. The van der Waals surface area contributed by atoms with E-state index in [1.54, 1.807) is 5.43 Å². The zero-order chi connectivity index (χ0) is 9.14. The molecule has 5 N–H and O–H groups in total. The molecule has 0 aliphatic heterocycles. The number of hydrogen-bond acceptors (Lipinski definition) is 4. The van der Waals surface area contributed by atoms with E-state index in [1.807, 2.05) is 0 Å². The number of pyridine rings is 1. The van der Waals surface area contributed by atoms with Crippen molar-refractivity contribution in [1.82, 2.24) is 10.4 Å². The van der Waals surface area contributed by atoms with Crippen LogP contribution in [0.15, 0.2) is 17.1 Å². The maximum atomic E-state index is 10.8. The third-order valence-corrected chi connectivity index (χ3v) is 1.29. The molecule has 0 aliphatic rings. The van der Waals surface area contributed by atoms with E-state index in [0.29, 0.717) is 0 Å². The molecule has 0 bridgehead atoms. The van der Waals surface area contributed by atoms with Gasteiger partial charge in [0.25, 0.3) is 5.91 Å². The van der Waals surface area contributed by atoms with Crippen LogP contribution in [0.1, 0.15) is 10.5 Å². The topological polar surface area (TPSA) is 108 Å². The number of H-pyrrole nitrogens is 1. The van der Waals surface area contributed by atoms with Crippen molar-refractivity contribution in [3.63, 3.8) is 0 Å². The van der Waals surface area contributed by atoms with Gasteiger partial charge < -0.3 is 10.1 Å². The summed E-state index contributed by atoms with van der Waals surface area (Å²) in [7, 11) is 0. The van der Waals surface area contributed by atoms with Crippen LogP contribution in [0.4, 0.5) is 0 Å². The van der Waals surface area contributed by atoms with Crippen molar-refractivity contribution >= 4 is 5.91 Å². The van der Waals surface area contributed by atoms with Crippen molar-refractivity contribution in [2.45, 2.75) is 0 Å². The molecular formula is C6H7N3O3. The lowest BCUT2D eigenvalue weighted by Crippen LogP contribution is -2.31. The van der Waals surface area contributed by atoms with E-state index in [2.05, 4.69) is 4.98 Å². The predicted octanol–water partition coefficient (Wildman–Crippen LogP) is -1.32. The Morgan fingerprint density at radius 2 is 2.33 bits per heavy atom. The standard InChI is InChI=1S/C6H7N3O3/c7-9-6(12)4-5(11)3(10)1-2-8-4/h1-2,11H,7H2,(H,8,10)(H,9,12). The molecule has 6 nitrogen and oxygen atoms in total. The smallest absolute Gasteiger partial charge is 0.285 e. The highest BCUT2D eigenvalue weighted by Crippen LogP contribution is 2.05. The van der Waals surface area contributed by atoms with Crippen LogP contribution in [0, 0.1) is 0 Å². The number of aromatic hydroxyl groups is 1. The molecule has 0 radical (unpaired) electrons. The van der Waals surface area contributed by atoms with Gasteiger partial charge in [-0.1, -0.05) is 0 Å². The van der Waals surface area contributed by atoms with Crippen LogP contribution in [0.2, 0.25) is 0 Å². The highest BCUT2D eigenvalue weighted by atomic mass is 16.3. The van der Waals surface area contributed by atoms with E-state index in [9.17, 15) is 9.59 Å². The lowest BCUT2D eigenvalue weighted by Gasteiger charge is -2.00. The third-order valence-electron chi connectivity index (χ3n) is 1.29. The van der Waals surface area contributed by atoms with Crippen molar-refractivity contribution in [2.24, 2.45) is 5.84 Å². The lowest BCUT2D eigenvalue weighted by atomic mass is 10.3. The molecule has 0 unspecified atom stereocenters. The van der Waals surface area contributed by atoms with Gasteiger partial charge in [-0.15, -0.1) is 0 Å². The van der Waals surface area contributed by atoms with Gasteiger partial charge in [-0.05, 0) is 0 Å². The van der Waals surface area contributed by atoms with Gasteiger partial charge in [0, 0.05) is 12.3 Å². The second-order valence-corrected chi connectivity index (χ2v) is 2.04. The van der Waals surface area contributed by atoms with Gasteiger partial charge in [0.1, 0.15) is 0 Å². The number of aromatic nitrogens is 1. The SMILES string of the molecule is NNC(=O)c1[nH]ccc(=O)c1O. The number of hydrogen-bond donors (Lipinski definition) is 4. The number of aromatic amines is 1. The Labute approximate surface area is 67.0 Å². The first-order valence-electron chi connectivity index (χ1n) is 3.08. The molecule has 1 rings (SSSR count). The summed E-state index contributed by atoms with van der Waals surface area (Å²) in [6, 6.07) is 1.10. The Bertz CT molecular complexity index is 357. The van der Waals surface area contributed by atoms with Gasteiger partial charge in [-0.25, -0.2) is 5.84 Å². The minimum absolute atomic E-state index is 0.245. The minimum Gasteiger partial charge on any atom is -0.503 e. The number of nitrogens with two attached hydrogens (primary N) is 1. The molecule has 6 heteroatoms. The third kappa shape index (κ3) is 1.28. The fourth-order valence-corrected chi connectivity index (χ4v) is 0.716. The summed E-state index contributed by atoms with van der Waals surface area (Å²) in [5.41, 5.74) is 0.903. The summed E-state index contributed by atoms with van der Waals surface area (Å²) in [4.78, 5) is 24.0. The maximum absolute atomic E-state index is 10.8. The number of carbonyl (C=O) groups excluding carboxylic acids is 1. The monoisotopic (exact) mass is 169 g/mol. The second-order valence-electron chi connectivity index (χ2n) is 2.04. The Morgan fingerprint density at radius 3 is 2.92 bits per heavy atom. The average molecular weight is 169 g/mol. The van der Waals surface area contributed by atoms with Gasteiger partial charge in [0.15, 0.2) is 11.4 Å². The molecule has 0 fully saturated rings. The van der Waals surface area contributed by atoms with Gasteiger partial charge in [-0.3, -0.25) is 15.0 Å². The van der Waals surface area contributed by atoms with E-state index >= 15 is 0 Å². The van der Waals surface area contributed by atoms with E-state index in [-0.39, 0.29) is 5.69 Å². The molecular weight excluding hydrogens is 162 g/mol. The number of amides is 1. The number of carbonyl (C=O) groups is 1. The molecule has 0 aromatic carbocycles. The Hall–Kier alpha value is -1.82. The highest BCUT2D eigenvalue weighted by Gasteiger charge is 2.11. The van der Waals surface area contributed by atoms with Gasteiger partial charge in [0.2, 0.25) is 5.43 Å². The van der Waals surface area contributed by atoms with Gasteiger partial charge >= 0.3 is 0 Å². The summed E-state index contributed by atoms with van der Waals surface area (Å²) in [5.74, 6) is 3.41. The number of nitrogen functional groups attached to an aromatic ring is 1. The molecule has 0 saturated carbocycles. The molecule has 1 amide bonds. The van der Waals surface area contributed by atoms with Gasteiger partial charge in [-0.2, -0.15) is 0 Å². The zero-order valence-corrected chi connectivity index (χ0v) is 6.00. The van der Waals surface area contributed by atoms with Crippen LogP contribution in [0.5, 0.6) is 5.75 Å². The van der Waals surface area contributed by atoms with E-state index in [1.165, 1.54) is 6.20 Å². The normalized spacial score (nSPS) is 9.42. The molecule has 64 valence electrons. The van der Waals surface area contributed by atoms with E-state index in [0.717, 1.165) is 6.07 Å². The van der Waals surface area contributed by atoms with Crippen LogP contribution in [0.25, 0.3) is 0 Å².